The van der Waals surface area contributed by atoms with Gasteiger partial charge >= 0.3 is 0 Å². The maximum Gasteiger partial charge on any atom is 0.131 e. The van der Waals surface area contributed by atoms with Crippen LogP contribution in [0.5, 0.6) is 0 Å². The van der Waals surface area contributed by atoms with Gasteiger partial charge in [0.25, 0.3) is 0 Å². The molecular weight excluding hydrogens is 461 g/mol. The van der Waals surface area contributed by atoms with Crippen LogP contribution in [0.4, 0.5) is 5.82 Å². The number of ether oxygens (including phenoxy) is 2. The van der Waals surface area contributed by atoms with Crippen LogP contribution in [-0.4, -0.2) is 48.4 Å². The zero-order valence-corrected chi connectivity index (χ0v) is 20.6. The van der Waals surface area contributed by atoms with Gasteiger partial charge in [0.1, 0.15) is 5.82 Å². The third-order valence-corrected chi connectivity index (χ3v) is 7.74. The quantitative estimate of drug-likeness (QED) is 0.642. The molecule has 2 aliphatic heterocycles. The molecule has 4 unspecified atom stereocenters. The molecule has 4 heterocycles. The fourth-order valence-corrected chi connectivity index (χ4v) is 6.17. The Labute approximate surface area is 205 Å². The van der Waals surface area contributed by atoms with Crippen molar-refractivity contribution in [1.29, 1.82) is 0 Å². The fraction of sp³-hybridized carbons (Fsp3) is 0.583. The average Bonchev–Trinajstić information content (AvgIpc) is 3.23. The number of morpholine rings is 1. The van der Waals surface area contributed by atoms with Gasteiger partial charge in [0, 0.05) is 43.3 Å². The maximum absolute atomic E-state index is 6.47. The summed E-state index contributed by atoms with van der Waals surface area (Å²) in [5.41, 5.74) is 10.3. The number of halogens is 2. The molecule has 3 fully saturated rings. The van der Waals surface area contributed by atoms with E-state index in [4.69, 9.17) is 37.7 Å². The molecule has 0 amide bonds. The number of hydrazine groups is 1. The Bertz CT molecular complexity index is 967. The smallest absolute Gasteiger partial charge is 0.131 e. The van der Waals surface area contributed by atoms with E-state index in [1.807, 2.05) is 13.1 Å². The standard InChI is InChI=1S/C24H31Cl2N5O2/c1-14-9-16(11-28-24(14)31-5-7-32-8-6-31)23-18-10-17(3-4-21(18)29-30-23)33-15(2)22-19(25)12-27-13-20(22)26/h9,11-13,15,17-18,21,23,29-30H,3-8,10H2,1-2H3/t15-,17?,18?,21?,23?/m1/s1. The first-order valence-electron chi connectivity index (χ1n) is 11.8. The second-order valence-corrected chi connectivity index (χ2v) is 10.1. The van der Waals surface area contributed by atoms with Crippen LogP contribution in [0, 0.1) is 12.8 Å². The lowest BCUT2D eigenvalue weighted by atomic mass is 9.78. The zero-order chi connectivity index (χ0) is 22.9. The monoisotopic (exact) mass is 491 g/mol. The van der Waals surface area contributed by atoms with Gasteiger partial charge in [0.2, 0.25) is 0 Å². The fourth-order valence-electron chi connectivity index (χ4n) is 5.50. The van der Waals surface area contributed by atoms with Crippen molar-refractivity contribution in [2.75, 3.05) is 31.2 Å². The Morgan fingerprint density at radius 2 is 1.88 bits per heavy atom. The minimum Gasteiger partial charge on any atom is -0.378 e. The van der Waals surface area contributed by atoms with Crippen molar-refractivity contribution < 1.29 is 9.47 Å². The van der Waals surface area contributed by atoms with Gasteiger partial charge in [0.15, 0.2) is 0 Å². The molecule has 33 heavy (non-hydrogen) atoms. The molecule has 0 spiro atoms. The van der Waals surface area contributed by atoms with Gasteiger partial charge in [-0.1, -0.05) is 23.2 Å². The van der Waals surface area contributed by atoms with E-state index < -0.39 is 0 Å². The van der Waals surface area contributed by atoms with Crippen LogP contribution in [-0.2, 0) is 9.47 Å². The van der Waals surface area contributed by atoms with Crippen LogP contribution in [0.25, 0.3) is 0 Å². The lowest BCUT2D eigenvalue weighted by Gasteiger charge is -2.35. The first-order chi connectivity index (χ1) is 16.0. The highest BCUT2D eigenvalue weighted by Gasteiger charge is 2.42. The summed E-state index contributed by atoms with van der Waals surface area (Å²) in [7, 11) is 0. The summed E-state index contributed by atoms with van der Waals surface area (Å²) in [5.74, 6) is 1.49. The van der Waals surface area contributed by atoms with E-state index in [9.17, 15) is 0 Å². The minimum atomic E-state index is -0.188. The molecule has 2 N–H and O–H groups in total. The summed E-state index contributed by atoms with van der Waals surface area (Å²) in [6.07, 6.45) is 8.25. The third kappa shape index (κ3) is 4.85. The molecule has 0 bridgehead atoms. The van der Waals surface area contributed by atoms with Gasteiger partial charge in [0.05, 0.1) is 41.5 Å². The molecule has 2 aromatic rings. The zero-order valence-electron chi connectivity index (χ0n) is 19.1. The van der Waals surface area contributed by atoms with Crippen LogP contribution in [0.15, 0.2) is 24.7 Å². The van der Waals surface area contributed by atoms with Gasteiger partial charge in [-0.3, -0.25) is 10.4 Å². The molecule has 5 rings (SSSR count). The average molecular weight is 492 g/mol. The number of hydrogen-bond donors (Lipinski definition) is 2. The van der Waals surface area contributed by atoms with E-state index in [1.165, 1.54) is 11.1 Å². The van der Waals surface area contributed by atoms with Gasteiger partial charge in [-0.15, -0.1) is 0 Å². The molecule has 9 heteroatoms. The van der Waals surface area contributed by atoms with E-state index in [0.29, 0.717) is 22.0 Å². The van der Waals surface area contributed by atoms with Gasteiger partial charge in [-0.25, -0.2) is 10.4 Å². The van der Waals surface area contributed by atoms with E-state index in [-0.39, 0.29) is 18.2 Å². The lowest BCUT2D eigenvalue weighted by molar-refractivity contribution is -0.0370. The normalized spacial score (nSPS) is 28.5. The van der Waals surface area contributed by atoms with Crippen LogP contribution in [0.3, 0.4) is 0 Å². The van der Waals surface area contributed by atoms with Gasteiger partial charge in [-0.05, 0) is 56.2 Å². The predicted octanol–water partition coefficient (Wildman–Crippen LogP) is 4.39. The topological polar surface area (TPSA) is 71.5 Å². The van der Waals surface area contributed by atoms with Crippen LogP contribution in [0.2, 0.25) is 10.0 Å². The number of rotatable bonds is 5. The number of nitrogens with zero attached hydrogens (tertiary/aromatic N) is 3. The van der Waals surface area contributed by atoms with Gasteiger partial charge in [-0.2, -0.15) is 0 Å². The highest BCUT2D eigenvalue weighted by Crippen LogP contribution is 2.41. The molecule has 3 aliphatic rings. The Morgan fingerprint density at radius 3 is 2.61 bits per heavy atom. The van der Waals surface area contributed by atoms with Gasteiger partial charge < -0.3 is 14.4 Å². The van der Waals surface area contributed by atoms with E-state index in [2.05, 4.69) is 33.7 Å². The number of anilines is 1. The van der Waals surface area contributed by atoms with E-state index in [1.54, 1.807) is 12.4 Å². The third-order valence-electron chi connectivity index (χ3n) is 7.14. The first kappa shape index (κ1) is 23.3. The SMILES string of the molecule is Cc1cc(C2NNC3CCC(O[C@H](C)c4c(Cl)cncc4Cl)CC32)cnc1N1CCOCC1. The number of nitrogens with one attached hydrogen (secondary N) is 2. The predicted molar refractivity (Wildman–Crippen MR) is 130 cm³/mol. The van der Waals surface area contributed by atoms with Crippen molar-refractivity contribution in [3.8, 4) is 0 Å². The number of aryl methyl sites for hydroxylation is 1. The summed E-state index contributed by atoms with van der Waals surface area (Å²) in [6.45, 7) is 7.47. The Balaban J connectivity index is 1.28. The Kier molecular flexibility index (Phi) is 7.07. The summed E-state index contributed by atoms with van der Waals surface area (Å²) in [6, 6.07) is 2.91. The maximum atomic E-state index is 6.47. The molecule has 2 aromatic heterocycles. The summed E-state index contributed by atoms with van der Waals surface area (Å²) in [5, 5.41) is 1.10. The van der Waals surface area contributed by atoms with Crippen molar-refractivity contribution in [1.82, 2.24) is 20.8 Å². The summed E-state index contributed by atoms with van der Waals surface area (Å²) < 4.78 is 12.0. The molecule has 2 saturated heterocycles. The van der Waals surface area contributed by atoms with E-state index in [0.717, 1.165) is 56.9 Å². The summed E-state index contributed by atoms with van der Waals surface area (Å²) >= 11 is 12.7. The minimum absolute atomic E-state index is 0.146. The molecule has 0 radical (unpaired) electrons. The molecular formula is C24H31Cl2N5O2. The highest BCUT2D eigenvalue weighted by atomic mass is 35.5. The molecule has 5 atom stereocenters. The second kappa shape index (κ2) is 10.0. The molecule has 0 aromatic carbocycles. The number of fused-ring (bicyclic) bond motifs is 1. The first-order valence-corrected chi connectivity index (χ1v) is 12.5. The molecule has 7 nitrogen and oxygen atoms in total. The number of aromatic nitrogens is 2. The largest absolute Gasteiger partial charge is 0.378 e. The highest BCUT2D eigenvalue weighted by molar-refractivity contribution is 6.35. The van der Waals surface area contributed by atoms with Crippen molar-refractivity contribution in [2.24, 2.45) is 5.92 Å². The van der Waals surface area contributed by atoms with Crippen molar-refractivity contribution in [3.05, 3.63) is 51.4 Å². The number of hydrogen-bond acceptors (Lipinski definition) is 7. The lowest BCUT2D eigenvalue weighted by Crippen LogP contribution is -2.37. The second-order valence-electron chi connectivity index (χ2n) is 9.28. The van der Waals surface area contributed by atoms with Crippen molar-refractivity contribution in [2.45, 2.75) is 57.4 Å². The van der Waals surface area contributed by atoms with Crippen LogP contribution < -0.4 is 15.8 Å². The molecule has 1 saturated carbocycles. The summed E-state index contributed by atoms with van der Waals surface area (Å²) in [4.78, 5) is 11.2. The Hall–Kier alpha value is -1.48. The van der Waals surface area contributed by atoms with Crippen molar-refractivity contribution in [3.63, 3.8) is 0 Å². The Morgan fingerprint density at radius 1 is 1.12 bits per heavy atom. The van der Waals surface area contributed by atoms with Crippen molar-refractivity contribution >= 4 is 29.0 Å². The van der Waals surface area contributed by atoms with Crippen LogP contribution >= 0.6 is 23.2 Å². The number of pyridine rings is 2. The van der Waals surface area contributed by atoms with Crippen LogP contribution in [0.1, 0.15) is 55.0 Å². The van der Waals surface area contributed by atoms with E-state index >= 15 is 0 Å². The molecule has 1 aliphatic carbocycles. The molecule has 178 valence electrons.